The normalized spacial score (nSPS) is 16.0. The van der Waals surface area contributed by atoms with Crippen LogP contribution in [0.4, 0.5) is 0 Å². The Bertz CT molecular complexity index is 763. The van der Waals surface area contributed by atoms with E-state index in [9.17, 15) is 4.79 Å². The van der Waals surface area contributed by atoms with Crippen molar-refractivity contribution in [1.82, 2.24) is 20.1 Å². The lowest BCUT2D eigenvalue weighted by molar-refractivity contribution is 0.0940. The summed E-state index contributed by atoms with van der Waals surface area (Å²) < 4.78 is 1.74. The molecule has 23 heavy (non-hydrogen) atoms. The van der Waals surface area contributed by atoms with Crippen LogP contribution < -0.4 is 5.32 Å². The summed E-state index contributed by atoms with van der Waals surface area (Å²) in [7, 11) is 1.87. The van der Waals surface area contributed by atoms with Gasteiger partial charge < -0.3 is 5.32 Å². The number of amides is 1. The Morgan fingerprint density at radius 3 is 2.91 bits per heavy atom. The van der Waals surface area contributed by atoms with Gasteiger partial charge in [-0.3, -0.25) is 14.5 Å². The van der Waals surface area contributed by atoms with Crippen molar-refractivity contribution in [2.45, 2.75) is 51.5 Å². The number of nitrogens with zero attached hydrogens (tertiary/aromatic N) is 3. The maximum atomic E-state index is 12.6. The van der Waals surface area contributed by atoms with Gasteiger partial charge in [-0.25, -0.2) is 0 Å². The summed E-state index contributed by atoms with van der Waals surface area (Å²) in [4.78, 5) is 17.1. The van der Waals surface area contributed by atoms with Gasteiger partial charge in [0.25, 0.3) is 5.91 Å². The fraction of sp³-hybridized carbons (Fsp3) is 0.500. The van der Waals surface area contributed by atoms with Gasteiger partial charge in [0.2, 0.25) is 0 Å². The fourth-order valence-electron chi connectivity index (χ4n) is 3.80. The highest BCUT2D eigenvalue weighted by atomic mass is 16.2. The Kier molecular flexibility index (Phi) is 3.63. The number of fused-ring (bicyclic) bond motifs is 2. The van der Waals surface area contributed by atoms with Gasteiger partial charge in [-0.1, -0.05) is 6.07 Å². The first-order valence-corrected chi connectivity index (χ1v) is 8.52. The van der Waals surface area contributed by atoms with Crippen LogP contribution in [-0.4, -0.2) is 20.7 Å². The summed E-state index contributed by atoms with van der Waals surface area (Å²) >= 11 is 0. The summed E-state index contributed by atoms with van der Waals surface area (Å²) in [6, 6.07) is 2.19. The average Bonchev–Trinajstić information content (AvgIpc) is 3.15. The number of carbonyl (C=O) groups is 1. The molecule has 1 amide bonds. The van der Waals surface area contributed by atoms with Crippen LogP contribution in [0.25, 0.3) is 0 Å². The summed E-state index contributed by atoms with van der Waals surface area (Å²) in [5.74, 6) is -0.0244. The topological polar surface area (TPSA) is 59.8 Å². The molecule has 0 atom stereocenters. The summed E-state index contributed by atoms with van der Waals surface area (Å²) in [5.41, 5.74) is 6.62. The number of nitrogens with one attached hydrogen (secondary N) is 1. The smallest absolute Gasteiger partial charge is 0.270 e. The molecule has 0 radical (unpaired) electrons. The molecule has 2 aliphatic rings. The number of aromatic nitrogens is 3. The van der Waals surface area contributed by atoms with E-state index in [1.54, 1.807) is 4.68 Å². The third-order valence-corrected chi connectivity index (χ3v) is 4.96. The maximum absolute atomic E-state index is 12.6. The van der Waals surface area contributed by atoms with E-state index >= 15 is 0 Å². The number of rotatable bonds is 3. The molecule has 2 aromatic heterocycles. The van der Waals surface area contributed by atoms with Crippen LogP contribution in [-0.2, 0) is 39.3 Å². The number of carbonyl (C=O) groups excluding carboxylic acids is 1. The predicted molar refractivity (Wildman–Crippen MR) is 87.3 cm³/mol. The highest BCUT2D eigenvalue weighted by molar-refractivity contribution is 5.94. The molecule has 2 heterocycles. The SMILES string of the molecule is Cn1nc2c(c1C(=O)NCc1cnc3c(c1)CCC3)CCCC2. The molecule has 0 aromatic carbocycles. The standard InChI is InChI=1S/C18H22N4O/c1-22-17(14-6-2-3-7-16(14)21-22)18(23)20-11-12-9-13-5-4-8-15(13)19-10-12/h9-10H,2-8,11H2,1H3,(H,20,23). The molecule has 5 nitrogen and oxygen atoms in total. The third kappa shape index (κ3) is 2.64. The molecule has 0 bridgehead atoms. The second kappa shape index (κ2) is 5.80. The Labute approximate surface area is 136 Å². The van der Waals surface area contributed by atoms with Gasteiger partial charge in [-0.15, -0.1) is 0 Å². The number of hydrogen-bond donors (Lipinski definition) is 1. The van der Waals surface area contributed by atoms with E-state index in [-0.39, 0.29) is 5.91 Å². The second-order valence-corrected chi connectivity index (χ2v) is 6.59. The monoisotopic (exact) mass is 310 g/mol. The molecule has 120 valence electrons. The van der Waals surface area contributed by atoms with Gasteiger partial charge in [-0.05, 0) is 56.1 Å². The van der Waals surface area contributed by atoms with E-state index in [2.05, 4.69) is 21.5 Å². The summed E-state index contributed by atoms with van der Waals surface area (Å²) in [6.45, 7) is 0.527. The lowest BCUT2D eigenvalue weighted by Gasteiger charge is -2.12. The van der Waals surface area contributed by atoms with Crippen LogP contribution in [0, 0.1) is 0 Å². The average molecular weight is 310 g/mol. The Hall–Kier alpha value is -2.17. The molecular weight excluding hydrogens is 288 g/mol. The van der Waals surface area contributed by atoms with Gasteiger partial charge in [0.05, 0.1) is 5.69 Å². The zero-order valence-corrected chi connectivity index (χ0v) is 13.6. The molecular formula is C18H22N4O. The van der Waals surface area contributed by atoms with E-state index in [4.69, 9.17) is 0 Å². The molecule has 2 aliphatic carbocycles. The van der Waals surface area contributed by atoms with Gasteiger partial charge >= 0.3 is 0 Å². The largest absolute Gasteiger partial charge is 0.347 e. The van der Waals surface area contributed by atoms with Crippen molar-refractivity contribution in [3.8, 4) is 0 Å². The van der Waals surface area contributed by atoms with E-state index in [1.807, 2.05) is 13.2 Å². The van der Waals surface area contributed by atoms with Gasteiger partial charge in [-0.2, -0.15) is 5.10 Å². The zero-order valence-electron chi connectivity index (χ0n) is 13.6. The minimum atomic E-state index is -0.0244. The van der Waals surface area contributed by atoms with E-state index in [0.717, 1.165) is 54.6 Å². The predicted octanol–water partition coefficient (Wildman–Crippen LogP) is 2.11. The van der Waals surface area contributed by atoms with E-state index in [1.165, 1.54) is 24.1 Å². The number of hydrogen-bond acceptors (Lipinski definition) is 3. The highest BCUT2D eigenvalue weighted by Crippen LogP contribution is 2.24. The van der Waals surface area contributed by atoms with Crippen molar-refractivity contribution < 1.29 is 4.79 Å². The van der Waals surface area contributed by atoms with Crippen molar-refractivity contribution in [3.05, 3.63) is 46.0 Å². The van der Waals surface area contributed by atoms with Crippen LogP contribution >= 0.6 is 0 Å². The molecule has 0 saturated heterocycles. The first-order valence-electron chi connectivity index (χ1n) is 8.52. The minimum Gasteiger partial charge on any atom is -0.347 e. The Balaban J connectivity index is 1.49. The fourth-order valence-corrected chi connectivity index (χ4v) is 3.80. The summed E-state index contributed by atoms with van der Waals surface area (Å²) in [5, 5.41) is 7.56. The minimum absolute atomic E-state index is 0.0244. The lowest BCUT2D eigenvalue weighted by atomic mass is 9.95. The van der Waals surface area contributed by atoms with Crippen molar-refractivity contribution in [3.63, 3.8) is 0 Å². The van der Waals surface area contributed by atoms with Crippen LogP contribution in [0.3, 0.4) is 0 Å². The molecule has 1 N–H and O–H groups in total. The van der Waals surface area contributed by atoms with Crippen LogP contribution in [0.15, 0.2) is 12.3 Å². The molecule has 2 aromatic rings. The maximum Gasteiger partial charge on any atom is 0.270 e. The lowest BCUT2D eigenvalue weighted by Crippen LogP contribution is -2.26. The van der Waals surface area contributed by atoms with Crippen molar-refractivity contribution in [2.24, 2.45) is 7.05 Å². The molecule has 0 unspecified atom stereocenters. The molecule has 0 aliphatic heterocycles. The first kappa shape index (κ1) is 14.4. The number of aryl methyl sites for hydroxylation is 4. The number of pyridine rings is 1. The third-order valence-electron chi connectivity index (χ3n) is 4.96. The van der Waals surface area contributed by atoms with E-state index < -0.39 is 0 Å². The molecule has 0 saturated carbocycles. The van der Waals surface area contributed by atoms with E-state index in [0.29, 0.717) is 6.54 Å². The Morgan fingerprint density at radius 2 is 2.00 bits per heavy atom. The van der Waals surface area contributed by atoms with Crippen LogP contribution in [0.2, 0.25) is 0 Å². The van der Waals surface area contributed by atoms with Crippen molar-refractivity contribution in [1.29, 1.82) is 0 Å². The Morgan fingerprint density at radius 1 is 1.17 bits per heavy atom. The molecule has 5 heteroatoms. The molecule has 0 fully saturated rings. The zero-order chi connectivity index (χ0) is 15.8. The second-order valence-electron chi connectivity index (χ2n) is 6.59. The quantitative estimate of drug-likeness (QED) is 0.944. The summed E-state index contributed by atoms with van der Waals surface area (Å²) in [6.07, 6.45) is 9.56. The molecule has 0 spiro atoms. The van der Waals surface area contributed by atoms with Crippen molar-refractivity contribution in [2.75, 3.05) is 0 Å². The first-order chi connectivity index (χ1) is 11.2. The highest BCUT2D eigenvalue weighted by Gasteiger charge is 2.23. The van der Waals surface area contributed by atoms with Gasteiger partial charge in [0, 0.05) is 31.0 Å². The molecule has 4 rings (SSSR count). The van der Waals surface area contributed by atoms with Gasteiger partial charge in [0.1, 0.15) is 5.69 Å². The van der Waals surface area contributed by atoms with Gasteiger partial charge in [0.15, 0.2) is 0 Å². The van der Waals surface area contributed by atoms with Crippen molar-refractivity contribution >= 4 is 5.91 Å². The van der Waals surface area contributed by atoms with Crippen LogP contribution in [0.1, 0.15) is 57.8 Å². The van der Waals surface area contributed by atoms with Crippen LogP contribution in [0.5, 0.6) is 0 Å².